The standard InChI is InChI=1S/C13H16N4O4/c1-8(13-16-11(17-21-13)4-6-20-2)15-12(19)9-3-5-14-7-10(9)18/h3,5,7-8,18H,4,6H2,1-2H3,(H,15,19)/t8-/m1/s1. The van der Waals surface area contributed by atoms with E-state index in [0.29, 0.717) is 24.7 Å². The lowest BCUT2D eigenvalue weighted by atomic mass is 10.2. The van der Waals surface area contributed by atoms with Gasteiger partial charge in [-0.05, 0) is 13.0 Å². The van der Waals surface area contributed by atoms with Gasteiger partial charge in [0.15, 0.2) is 5.82 Å². The first-order valence-corrected chi connectivity index (χ1v) is 6.37. The molecule has 0 aliphatic rings. The lowest BCUT2D eigenvalue weighted by Crippen LogP contribution is -2.27. The van der Waals surface area contributed by atoms with Crippen LogP contribution in [0.4, 0.5) is 0 Å². The number of ether oxygens (including phenoxy) is 1. The van der Waals surface area contributed by atoms with Gasteiger partial charge in [-0.3, -0.25) is 9.78 Å². The molecule has 0 aliphatic carbocycles. The molecular formula is C13H16N4O4. The number of nitrogens with zero attached hydrogens (tertiary/aromatic N) is 3. The zero-order valence-electron chi connectivity index (χ0n) is 11.7. The molecule has 2 N–H and O–H groups in total. The molecule has 0 spiro atoms. The first kappa shape index (κ1) is 14.9. The van der Waals surface area contributed by atoms with E-state index in [1.807, 2.05) is 0 Å². The van der Waals surface area contributed by atoms with Crippen molar-refractivity contribution >= 4 is 5.91 Å². The highest BCUT2D eigenvalue weighted by molar-refractivity contribution is 5.96. The van der Waals surface area contributed by atoms with Crippen LogP contribution in [0.15, 0.2) is 23.0 Å². The van der Waals surface area contributed by atoms with Crippen LogP contribution in [0.2, 0.25) is 0 Å². The molecule has 0 bridgehead atoms. The summed E-state index contributed by atoms with van der Waals surface area (Å²) < 4.78 is 10.0. The van der Waals surface area contributed by atoms with Crippen molar-refractivity contribution in [3.8, 4) is 5.75 Å². The molecule has 2 aromatic heterocycles. The maximum atomic E-state index is 12.0. The lowest BCUT2D eigenvalue weighted by Gasteiger charge is -2.10. The van der Waals surface area contributed by atoms with Crippen molar-refractivity contribution < 1.29 is 19.2 Å². The molecule has 0 unspecified atom stereocenters. The predicted molar refractivity (Wildman–Crippen MR) is 71.7 cm³/mol. The molecular weight excluding hydrogens is 276 g/mol. The number of aromatic nitrogens is 3. The molecule has 2 aromatic rings. The van der Waals surface area contributed by atoms with Crippen molar-refractivity contribution in [2.75, 3.05) is 13.7 Å². The Morgan fingerprint density at radius 1 is 1.57 bits per heavy atom. The summed E-state index contributed by atoms with van der Waals surface area (Å²) in [6, 6.07) is 0.948. The second-order valence-electron chi connectivity index (χ2n) is 4.38. The summed E-state index contributed by atoms with van der Waals surface area (Å²) in [5.74, 6) is 0.176. The topological polar surface area (TPSA) is 110 Å². The minimum absolute atomic E-state index is 0.135. The zero-order valence-corrected chi connectivity index (χ0v) is 11.7. The number of carbonyl (C=O) groups excluding carboxylic acids is 1. The van der Waals surface area contributed by atoms with E-state index in [2.05, 4.69) is 20.4 Å². The van der Waals surface area contributed by atoms with Crippen LogP contribution in [0, 0.1) is 0 Å². The SMILES string of the molecule is COCCc1noc([C@@H](C)NC(=O)c2ccncc2O)n1. The van der Waals surface area contributed by atoms with E-state index >= 15 is 0 Å². The first-order chi connectivity index (χ1) is 10.1. The molecule has 0 saturated carbocycles. The van der Waals surface area contributed by atoms with Gasteiger partial charge in [-0.15, -0.1) is 0 Å². The second-order valence-corrected chi connectivity index (χ2v) is 4.38. The van der Waals surface area contributed by atoms with Crippen LogP contribution in [0.1, 0.15) is 35.0 Å². The fourth-order valence-electron chi connectivity index (χ4n) is 1.65. The van der Waals surface area contributed by atoms with Gasteiger partial charge < -0.3 is 19.7 Å². The highest BCUT2D eigenvalue weighted by Gasteiger charge is 2.19. The summed E-state index contributed by atoms with van der Waals surface area (Å²) in [6.07, 6.45) is 3.16. The van der Waals surface area contributed by atoms with Crippen molar-refractivity contribution in [2.24, 2.45) is 0 Å². The molecule has 8 nitrogen and oxygen atoms in total. The fourth-order valence-corrected chi connectivity index (χ4v) is 1.65. The summed E-state index contributed by atoms with van der Waals surface area (Å²) in [5, 5.41) is 16.0. The fraction of sp³-hybridized carbons (Fsp3) is 0.385. The lowest BCUT2D eigenvalue weighted by molar-refractivity contribution is 0.0929. The van der Waals surface area contributed by atoms with Gasteiger partial charge in [-0.1, -0.05) is 5.16 Å². The molecule has 2 heterocycles. The van der Waals surface area contributed by atoms with Crippen molar-refractivity contribution in [3.63, 3.8) is 0 Å². The Hall–Kier alpha value is -2.48. The second kappa shape index (κ2) is 6.80. The average molecular weight is 292 g/mol. The highest BCUT2D eigenvalue weighted by atomic mass is 16.5. The van der Waals surface area contributed by atoms with Crippen LogP contribution in [0.25, 0.3) is 0 Å². The Morgan fingerprint density at radius 3 is 3.10 bits per heavy atom. The van der Waals surface area contributed by atoms with Gasteiger partial charge in [0.1, 0.15) is 11.8 Å². The van der Waals surface area contributed by atoms with Gasteiger partial charge in [0.2, 0.25) is 5.89 Å². The van der Waals surface area contributed by atoms with Crippen molar-refractivity contribution in [1.82, 2.24) is 20.4 Å². The molecule has 0 aliphatic heterocycles. The third kappa shape index (κ3) is 3.76. The normalized spacial score (nSPS) is 12.1. The van der Waals surface area contributed by atoms with E-state index < -0.39 is 11.9 Å². The van der Waals surface area contributed by atoms with Crippen LogP contribution in [-0.2, 0) is 11.2 Å². The number of methoxy groups -OCH3 is 1. The quantitative estimate of drug-likeness (QED) is 0.812. The minimum Gasteiger partial charge on any atom is -0.505 e. The number of hydrogen-bond acceptors (Lipinski definition) is 7. The Bertz CT molecular complexity index is 614. The molecule has 0 fully saturated rings. The van der Waals surface area contributed by atoms with E-state index in [0.717, 1.165) is 0 Å². The minimum atomic E-state index is -0.478. The van der Waals surface area contributed by atoms with Crippen LogP contribution in [-0.4, -0.2) is 39.9 Å². The number of amides is 1. The van der Waals surface area contributed by atoms with E-state index in [1.165, 1.54) is 18.5 Å². The van der Waals surface area contributed by atoms with E-state index in [1.54, 1.807) is 14.0 Å². The van der Waals surface area contributed by atoms with E-state index in [-0.39, 0.29) is 11.3 Å². The number of nitrogens with one attached hydrogen (secondary N) is 1. The molecule has 0 saturated heterocycles. The molecule has 21 heavy (non-hydrogen) atoms. The Balaban J connectivity index is 2.01. The maximum Gasteiger partial charge on any atom is 0.255 e. The number of carbonyl (C=O) groups is 1. The largest absolute Gasteiger partial charge is 0.505 e. The number of pyridine rings is 1. The van der Waals surface area contributed by atoms with Gasteiger partial charge >= 0.3 is 0 Å². The maximum absolute atomic E-state index is 12.0. The van der Waals surface area contributed by atoms with Crippen LogP contribution >= 0.6 is 0 Å². The summed E-state index contributed by atoms with van der Waals surface area (Å²) in [4.78, 5) is 19.9. The van der Waals surface area contributed by atoms with Crippen LogP contribution in [0.5, 0.6) is 5.75 Å². The third-order valence-electron chi connectivity index (χ3n) is 2.78. The van der Waals surface area contributed by atoms with Gasteiger partial charge in [-0.25, -0.2) is 0 Å². The van der Waals surface area contributed by atoms with Gasteiger partial charge in [0.25, 0.3) is 5.91 Å². The smallest absolute Gasteiger partial charge is 0.255 e. The summed E-state index contributed by atoms with van der Waals surface area (Å²) in [5.41, 5.74) is 0.135. The summed E-state index contributed by atoms with van der Waals surface area (Å²) >= 11 is 0. The van der Waals surface area contributed by atoms with Crippen LogP contribution in [0.3, 0.4) is 0 Å². The Labute approximate surface area is 121 Å². The number of aromatic hydroxyl groups is 1. The monoisotopic (exact) mass is 292 g/mol. The van der Waals surface area contributed by atoms with Crippen molar-refractivity contribution in [3.05, 3.63) is 35.7 Å². The van der Waals surface area contributed by atoms with Gasteiger partial charge in [0, 0.05) is 19.7 Å². The number of hydrogen-bond donors (Lipinski definition) is 2. The molecule has 0 aromatic carbocycles. The van der Waals surface area contributed by atoms with Crippen molar-refractivity contribution in [2.45, 2.75) is 19.4 Å². The molecule has 8 heteroatoms. The zero-order chi connectivity index (χ0) is 15.2. The molecule has 112 valence electrons. The van der Waals surface area contributed by atoms with Gasteiger partial charge in [-0.2, -0.15) is 4.98 Å². The number of rotatable bonds is 6. The van der Waals surface area contributed by atoms with Gasteiger partial charge in [0.05, 0.1) is 18.4 Å². The third-order valence-corrected chi connectivity index (χ3v) is 2.78. The summed E-state index contributed by atoms with van der Waals surface area (Å²) in [7, 11) is 1.59. The van der Waals surface area contributed by atoms with Crippen molar-refractivity contribution in [1.29, 1.82) is 0 Å². The predicted octanol–water partition coefficient (Wildman–Crippen LogP) is 0.850. The molecule has 2 rings (SSSR count). The van der Waals surface area contributed by atoms with Crippen LogP contribution < -0.4 is 5.32 Å². The highest BCUT2D eigenvalue weighted by Crippen LogP contribution is 2.16. The molecule has 1 amide bonds. The Kier molecular flexibility index (Phi) is 4.83. The molecule has 1 atom stereocenters. The van der Waals surface area contributed by atoms with E-state index in [9.17, 15) is 9.90 Å². The Morgan fingerprint density at radius 2 is 2.38 bits per heavy atom. The first-order valence-electron chi connectivity index (χ1n) is 6.37. The van der Waals surface area contributed by atoms with E-state index in [4.69, 9.17) is 9.26 Å². The molecule has 0 radical (unpaired) electrons. The summed E-state index contributed by atoms with van der Waals surface area (Å²) in [6.45, 7) is 2.20. The average Bonchev–Trinajstić information content (AvgIpc) is 2.94.